The molecule has 3 rings (SSSR count). The molecule has 1 heterocycles. The van der Waals surface area contributed by atoms with Gasteiger partial charge in [0.25, 0.3) is 6.01 Å². The van der Waals surface area contributed by atoms with Gasteiger partial charge in [0.05, 0.1) is 17.7 Å². The van der Waals surface area contributed by atoms with Crippen LogP contribution in [0.4, 0.5) is 4.39 Å². The minimum absolute atomic E-state index is 0.00360. The Morgan fingerprint density at radius 1 is 1.37 bits per heavy atom. The molecule has 0 bridgehead atoms. The van der Waals surface area contributed by atoms with Gasteiger partial charge in [-0.2, -0.15) is 4.98 Å². The van der Waals surface area contributed by atoms with Gasteiger partial charge < -0.3 is 14.8 Å². The average Bonchev–Trinajstić information content (AvgIpc) is 2.95. The minimum atomic E-state index is -0.371. The summed E-state index contributed by atoms with van der Waals surface area (Å²) < 4.78 is 27.6. The van der Waals surface area contributed by atoms with E-state index >= 15 is 0 Å². The van der Waals surface area contributed by atoms with Crippen molar-refractivity contribution < 1.29 is 18.7 Å². The van der Waals surface area contributed by atoms with Crippen molar-refractivity contribution in [2.24, 2.45) is 7.05 Å². The molecule has 148 valence electrons. The van der Waals surface area contributed by atoms with Gasteiger partial charge in [-0.25, -0.2) is 4.39 Å². The fraction of sp³-hybridized carbons (Fsp3) is 0.579. The largest absolute Gasteiger partial charge is 0.461 e. The highest BCUT2D eigenvalue weighted by Gasteiger charge is 2.25. The summed E-state index contributed by atoms with van der Waals surface area (Å²) >= 11 is 6.13. The van der Waals surface area contributed by atoms with Crippen LogP contribution in [0.1, 0.15) is 39.5 Å². The van der Waals surface area contributed by atoms with Crippen LogP contribution in [0.15, 0.2) is 12.1 Å². The van der Waals surface area contributed by atoms with E-state index in [1.54, 1.807) is 11.6 Å². The van der Waals surface area contributed by atoms with E-state index < -0.39 is 0 Å². The molecular weight excluding hydrogens is 373 g/mol. The molecular formula is C19H25ClFN3O3. The number of carbonyl (C=O) groups excluding carboxylic acids is 1. The predicted molar refractivity (Wildman–Crippen MR) is 102 cm³/mol. The Balaban J connectivity index is 1.55. The highest BCUT2D eigenvalue weighted by atomic mass is 35.5. The normalized spacial score (nSPS) is 21.2. The number of nitrogens with zero attached hydrogens (tertiary/aromatic N) is 2. The van der Waals surface area contributed by atoms with Crippen molar-refractivity contribution in [1.29, 1.82) is 0 Å². The fourth-order valence-electron chi connectivity index (χ4n) is 3.46. The number of aryl methyl sites for hydroxylation is 1. The van der Waals surface area contributed by atoms with Crippen LogP contribution >= 0.6 is 11.6 Å². The lowest BCUT2D eigenvalue weighted by molar-refractivity contribution is -0.120. The molecule has 1 fully saturated rings. The number of benzene rings is 1. The van der Waals surface area contributed by atoms with Gasteiger partial charge in [-0.15, -0.1) is 0 Å². The van der Waals surface area contributed by atoms with Crippen LogP contribution in [-0.4, -0.2) is 40.3 Å². The monoisotopic (exact) mass is 397 g/mol. The second-order valence-corrected chi connectivity index (χ2v) is 7.54. The number of hydrogen-bond donors (Lipinski definition) is 1. The molecule has 1 N–H and O–H groups in total. The minimum Gasteiger partial charge on any atom is -0.461 e. The standard InChI is InChI=1S/C19H25ClFN3O3/c1-11(22-12(2)25)10-26-13-4-6-14(7-5-13)27-19-23-17-15(20)8-9-16(21)18(17)24(19)3/h8-9,11,13-14H,4-7,10H2,1-3H3,(H,22,25)/t11-,13?,14?/m0/s1. The molecule has 1 atom stereocenters. The van der Waals surface area contributed by atoms with Crippen LogP contribution in [-0.2, 0) is 16.6 Å². The second-order valence-electron chi connectivity index (χ2n) is 7.13. The maximum absolute atomic E-state index is 14.1. The number of ether oxygens (including phenoxy) is 2. The Morgan fingerprint density at radius 2 is 2.04 bits per heavy atom. The molecule has 27 heavy (non-hydrogen) atoms. The zero-order valence-electron chi connectivity index (χ0n) is 15.8. The summed E-state index contributed by atoms with van der Waals surface area (Å²) in [4.78, 5) is 15.4. The van der Waals surface area contributed by atoms with Crippen molar-refractivity contribution in [2.75, 3.05) is 6.61 Å². The molecule has 0 saturated heterocycles. The van der Waals surface area contributed by atoms with E-state index in [1.807, 2.05) is 6.92 Å². The SMILES string of the molecule is CC(=O)N[C@@H](C)COC1CCC(Oc2nc3c(Cl)ccc(F)c3n2C)CC1. The predicted octanol–water partition coefficient (Wildman–Crippen LogP) is 3.60. The first-order chi connectivity index (χ1) is 12.8. The molecule has 1 saturated carbocycles. The number of fused-ring (bicyclic) bond motifs is 1. The number of amides is 1. The number of halogens is 2. The summed E-state index contributed by atoms with van der Waals surface area (Å²) in [6, 6.07) is 3.21. The zero-order chi connectivity index (χ0) is 19.6. The average molecular weight is 398 g/mol. The lowest BCUT2D eigenvalue weighted by Crippen LogP contribution is -2.37. The molecule has 0 unspecified atom stereocenters. The van der Waals surface area contributed by atoms with E-state index in [-0.39, 0.29) is 30.0 Å². The molecule has 8 heteroatoms. The fourth-order valence-corrected chi connectivity index (χ4v) is 3.66. The molecule has 0 aliphatic heterocycles. The summed E-state index contributed by atoms with van der Waals surface area (Å²) in [6.07, 6.45) is 3.58. The molecule has 0 radical (unpaired) electrons. The number of nitrogens with one attached hydrogen (secondary N) is 1. The Kier molecular flexibility index (Phi) is 6.22. The van der Waals surface area contributed by atoms with Crippen molar-refractivity contribution in [1.82, 2.24) is 14.9 Å². The Hall–Kier alpha value is -1.86. The zero-order valence-corrected chi connectivity index (χ0v) is 16.6. The second kappa shape index (κ2) is 8.44. The Morgan fingerprint density at radius 3 is 2.67 bits per heavy atom. The van der Waals surface area contributed by atoms with Crippen molar-refractivity contribution in [3.8, 4) is 6.01 Å². The first-order valence-corrected chi connectivity index (χ1v) is 9.58. The first-order valence-electron chi connectivity index (χ1n) is 9.21. The molecule has 1 aliphatic rings. The van der Waals surface area contributed by atoms with E-state index in [4.69, 9.17) is 21.1 Å². The summed E-state index contributed by atoms with van der Waals surface area (Å²) in [7, 11) is 1.72. The molecule has 1 aliphatic carbocycles. The van der Waals surface area contributed by atoms with E-state index in [1.165, 1.54) is 19.1 Å². The molecule has 0 spiro atoms. The maximum Gasteiger partial charge on any atom is 0.297 e. The Labute approximate surface area is 163 Å². The molecule has 1 aromatic carbocycles. The third-order valence-corrected chi connectivity index (χ3v) is 5.11. The van der Waals surface area contributed by atoms with Crippen LogP contribution in [0.5, 0.6) is 6.01 Å². The van der Waals surface area contributed by atoms with Gasteiger partial charge in [0.2, 0.25) is 5.91 Å². The summed E-state index contributed by atoms with van der Waals surface area (Å²) in [5.74, 6) is -0.424. The molecule has 1 amide bonds. The van der Waals surface area contributed by atoms with Gasteiger partial charge in [-0.1, -0.05) is 11.6 Å². The highest BCUT2D eigenvalue weighted by molar-refractivity contribution is 6.35. The summed E-state index contributed by atoms with van der Waals surface area (Å²) in [5, 5.41) is 3.22. The number of aromatic nitrogens is 2. The third kappa shape index (κ3) is 4.71. The summed E-state index contributed by atoms with van der Waals surface area (Å²) in [5.41, 5.74) is 0.764. The van der Waals surface area contributed by atoms with Crippen LogP contribution in [0.3, 0.4) is 0 Å². The van der Waals surface area contributed by atoms with Crippen molar-refractivity contribution >= 4 is 28.5 Å². The van der Waals surface area contributed by atoms with Crippen LogP contribution < -0.4 is 10.1 Å². The number of carbonyl (C=O) groups is 1. The molecule has 1 aromatic heterocycles. The number of rotatable bonds is 6. The van der Waals surface area contributed by atoms with Gasteiger partial charge >= 0.3 is 0 Å². The summed E-state index contributed by atoms with van der Waals surface area (Å²) in [6.45, 7) is 3.92. The van der Waals surface area contributed by atoms with Gasteiger partial charge in [0.15, 0.2) is 0 Å². The smallest absolute Gasteiger partial charge is 0.297 e. The quantitative estimate of drug-likeness (QED) is 0.808. The lowest BCUT2D eigenvalue weighted by atomic mass is 9.95. The highest BCUT2D eigenvalue weighted by Crippen LogP contribution is 2.31. The van der Waals surface area contributed by atoms with E-state index in [2.05, 4.69) is 10.3 Å². The van der Waals surface area contributed by atoms with E-state index in [9.17, 15) is 9.18 Å². The third-order valence-electron chi connectivity index (χ3n) is 4.81. The van der Waals surface area contributed by atoms with Crippen LogP contribution in [0, 0.1) is 5.82 Å². The Bertz CT molecular complexity index is 818. The van der Waals surface area contributed by atoms with Gasteiger partial charge in [-0.05, 0) is 44.7 Å². The molecule has 6 nitrogen and oxygen atoms in total. The topological polar surface area (TPSA) is 65.4 Å². The van der Waals surface area contributed by atoms with Crippen molar-refractivity contribution in [3.63, 3.8) is 0 Å². The number of imidazole rings is 1. The van der Waals surface area contributed by atoms with Gasteiger partial charge in [0.1, 0.15) is 23.0 Å². The maximum atomic E-state index is 14.1. The number of hydrogen-bond acceptors (Lipinski definition) is 4. The van der Waals surface area contributed by atoms with Crippen molar-refractivity contribution in [2.45, 2.75) is 57.8 Å². The van der Waals surface area contributed by atoms with E-state index in [0.717, 1.165) is 25.7 Å². The van der Waals surface area contributed by atoms with Gasteiger partial charge in [-0.3, -0.25) is 9.36 Å². The molecule has 2 aromatic rings. The van der Waals surface area contributed by atoms with Gasteiger partial charge in [0, 0.05) is 20.0 Å². The van der Waals surface area contributed by atoms with E-state index in [0.29, 0.717) is 28.7 Å². The first kappa shape index (κ1) is 19.9. The van der Waals surface area contributed by atoms with Crippen LogP contribution in [0.25, 0.3) is 11.0 Å². The lowest BCUT2D eigenvalue weighted by Gasteiger charge is -2.29. The van der Waals surface area contributed by atoms with Crippen LogP contribution in [0.2, 0.25) is 5.02 Å². The van der Waals surface area contributed by atoms with Crippen molar-refractivity contribution in [3.05, 3.63) is 23.0 Å².